The smallest absolute Gasteiger partial charge is 0.232 e. The Bertz CT molecular complexity index is 925. The van der Waals surface area contributed by atoms with Crippen LogP contribution >= 0.6 is 0 Å². The molecule has 0 aliphatic carbocycles. The number of rotatable bonds is 6. The summed E-state index contributed by atoms with van der Waals surface area (Å²) in [6.07, 6.45) is 2.03. The van der Waals surface area contributed by atoms with Gasteiger partial charge in [-0.15, -0.1) is 0 Å². The van der Waals surface area contributed by atoms with Crippen molar-refractivity contribution >= 4 is 29.1 Å². The van der Waals surface area contributed by atoms with E-state index >= 15 is 0 Å². The highest BCUT2D eigenvalue weighted by atomic mass is 16.2. The summed E-state index contributed by atoms with van der Waals surface area (Å²) in [6, 6.07) is 15.4. The third-order valence-corrected chi connectivity index (χ3v) is 5.50. The minimum Gasteiger partial charge on any atom is -0.356 e. The maximum atomic E-state index is 12.2. The minimum absolute atomic E-state index is 0.0204. The van der Waals surface area contributed by atoms with Crippen LogP contribution in [0.15, 0.2) is 48.5 Å². The second kappa shape index (κ2) is 7.84. The number of anilines is 2. The predicted octanol–water partition coefficient (Wildman–Crippen LogP) is 2.82. The van der Waals surface area contributed by atoms with Crippen LogP contribution in [-0.4, -0.2) is 24.3 Å². The van der Waals surface area contributed by atoms with Gasteiger partial charge < -0.3 is 16.0 Å². The molecule has 2 aliphatic heterocycles. The quantitative estimate of drug-likeness (QED) is 0.723. The van der Waals surface area contributed by atoms with E-state index in [1.54, 1.807) is 0 Å². The fourth-order valence-corrected chi connectivity index (χ4v) is 3.96. The Morgan fingerprint density at radius 2 is 1.64 bits per heavy atom. The average molecular weight is 377 g/mol. The van der Waals surface area contributed by atoms with Crippen molar-refractivity contribution in [1.29, 1.82) is 0 Å². The largest absolute Gasteiger partial charge is 0.356 e. The Balaban J connectivity index is 1.24. The molecule has 4 rings (SSSR count). The molecule has 0 spiro atoms. The summed E-state index contributed by atoms with van der Waals surface area (Å²) >= 11 is 0. The lowest BCUT2D eigenvalue weighted by molar-refractivity contribution is -0.123. The monoisotopic (exact) mass is 377 g/mol. The van der Waals surface area contributed by atoms with E-state index in [0.29, 0.717) is 32.2 Å². The van der Waals surface area contributed by atoms with E-state index in [-0.39, 0.29) is 29.6 Å². The van der Waals surface area contributed by atoms with Gasteiger partial charge in [-0.05, 0) is 42.5 Å². The number of nitrogens with one attached hydrogen (secondary N) is 3. The molecular weight excluding hydrogens is 354 g/mol. The lowest BCUT2D eigenvalue weighted by atomic mass is 9.89. The summed E-state index contributed by atoms with van der Waals surface area (Å²) in [6.45, 7) is 0.435. The van der Waals surface area contributed by atoms with Gasteiger partial charge in [-0.1, -0.05) is 36.4 Å². The molecule has 0 fully saturated rings. The van der Waals surface area contributed by atoms with Gasteiger partial charge in [0.1, 0.15) is 0 Å². The van der Waals surface area contributed by atoms with Crippen LogP contribution in [0, 0.1) is 5.92 Å². The molecule has 2 heterocycles. The normalized spacial score (nSPS) is 20.0. The summed E-state index contributed by atoms with van der Waals surface area (Å²) in [4.78, 5) is 36.5. The number of hydrogen-bond donors (Lipinski definition) is 3. The summed E-state index contributed by atoms with van der Waals surface area (Å²) in [5, 5.41) is 8.67. The molecule has 0 radical (unpaired) electrons. The first-order chi connectivity index (χ1) is 13.6. The van der Waals surface area contributed by atoms with E-state index in [2.05, 4.69) is 16.0 Å². The van der Waals surface area contributed by atoms with Gasteiger partial charge in [0.15, 0.2) is 0 Å². The van der Waals surface area contributed by atoms with Crippen LogP contribution in [0.2, 0.25) is 0 Å². The lowest BCUT2D eigenvalue weighted by Crippen LogP contribution is -2.32. The fourth-order valence-electron chi connectivity index (χ4n) is 3.96. The van der Waals surface area contributed by atoms with Crippen LogP contribution in [0.5, 0.6) is 0 Å². The molecule has 6 heteroatoms. The van der Waals surface area contributed by atoms with E-state index in [1.165, 1.54) is 0 Å². The number of amides is 3. The van der Waals surface area contributed by atoms with Crippen molar-refractivity contribution in [1.82, 2.24) is 5.32 Å². The van der Waals surface area contributed by atoms with Gasteiger partial charge in [-0.25, -0.2) is 0 Å². The molecule has 0 saturated heterocycles. The first-order valence-corrected chi connectivity index (χ1v) is 9.67. The Labute approximate surface area is 163 Å². The molecular formula is C22H23N3O3. The molecule has 0 unspecified atom stereocenters. The highest BCUT2D eigenvalue weighted by Crippen LogP contribution is 2.34. The van der Waals surface area contributed by atoms with Crippen molar-refractivity contribution in [3.05, 3.63) is 59.7 Å². The molecule has 2 aromatic carbocycles. The molecule has 3 N–H and O–H groups in total. The molecule has 6 nitrogen and oxygen atoms in total. The SMILES string of the molecule is O=C(CC[C@@H]1Cc2ccccc2NC1=O)NCC[C@@H]1C(=O)Nc2ccccc21. The van der Waals surface area contributed by atoms with Gasteiger partial charge in [-0.2, -0.15) is 0 Å². The molecule has 0 bridgehead atoms. The average Bonchev–Trinajstić information content (AvgIpc) is 3.01. The first kappa shape index (κ1) is 18.2. The lowest BCUT2D eigenvalue weighted by Gasteiger charge is -2.24. The second-order valence-electron chi connectivity index (χ2n) is 7.35. The van der Waals surface area contributed by atoms with Crippen LogP contribution in [-0.2, 0) is 20.8 Å². The number of carbonyl (C=O) groups is 3. The third kappa shape index (κ3) is 3.76. The zero-order valence-corrected chi connectivity index (χ0v) is 15.5. The molecule has 28 heavy (non-hydrogen) atoms. The number of para-hydroxylation sites is 2. The fraction of sp³-hybridized carbons (Fsp3) is 0.318. The highest BCUT2D eigenvalue weighted by Gasteiger charge is 2.30. The molecule has 2 aromatic rings. The van der Waals surface area contributed by atoms with E-state index in [0.717, 1.165) is 22.5 Å². The maximum Gasteiger partial charge on any atom is 0.232 e. The van der Waals surface area contributed by atoms with E-state index < -0.39 is 0 Å². The van der Waals surface area contributed by atoms with Gasteiger partial charge in [0.25, 0.3) is 0 Å². The molecule has 0 saturated carbocycles. The number of benzene rings is 2. The van der Waals surface area contributed by atoms with Crippen molar-refractivity contribution in [2.45, 2.75) is 31.6 Å². The minimum atomic E-state index is -0.225. The Morgan fingerprint density at radius 3 is 2.50 bits per heavy atom. The van der Waals surface area contributed by atoms with Crippen LogP contribution in [0.1, 0.15) is 36.3 Å². The number of hydrogen-bond acceptors (Lipinski definition) is 3. The van der Waals surface area contributed by atoms with Crippen molar-refractivity contribution < 1.29 is 14.4 Å². The Kier molecular flexibility index (Phi) is 5.10. The topological polar surface area (TPSA) is 87.3 Å². The summed E-state index contributed by atoms with van der Waals surface area (Å²) in [5.74, 6) is -0.540. The van der Waals surface area contributed by atoms with Crippen LogP contribution in [0.3, 0.4) is 0 Å². The predicted molar refractivity (Wildman–Crippen MR) is 107 cm³/mol. The van der Waals surface area contributed by atoms with Crippen LogP contribution in [0.25, 0.3) is 0 Å². The van der Waals surface area contributed by atoms with Crippen molar-refractivity contribution in [3.63, 3.8) is 0 Å². The van der Waals surface area contributed by atoms with Crippen LogP contribution in [0.4, 0.5) is 11.4 Å². The Morgan fingerprint density at radius 1 is 0.929 bits per heavy atom. The van der Waals surface area contributed by atoms with Gasteiger partial charge in [-0.3, -0.25) is 14.4 Å². The first-order valence-electron chi connectivity index (χ1n) is 9.67. The zero-order chi connectivity index (χ0) is 19.5. The third-order valence-electron chi connectivity index (χ3n) is 5.50. The van der Waals surface area contributed by atoms with E-state index in [9.17, 15) is 14.4 Å². The van der Waals surface area contributed by atoms with Crippen molar-refractivity contribution in [2.24, 2.45) is 5.92 Å². The molecule has 144 valence electrons. The molecule has 2 atom stereocenters. The summed E-state index contributed by atoms with van der Waals surface area (Å²) in [5.41, 5.74) is 3.81. The van der Waals surface area contributed by atoms with Gasteiger partial charge in [0.2, 0.25) is 17.7 Å². The molecule has 0 aromatic heterocycles. The standard InChI is InChI=1S/C22H23N3O3/c26-20(10-9-15-13-14-5-1-3-7-18(14)24-21(15)27)23-12-11-17-16-6-2-4-8-19(16)25-22(17)28/h1-8,15,17H,9-13H2,(H,23,26)(H,24,27)(H,25,28)/t15-,17+/m1/s1. The number of fused-ring (bicyclic) bond motifs is 2. The molecule has 2 aliphatic rings. The summed E-state index contributed by atoms with van der Waals surface area (Å²) in [7, 11) is 0. The van der Waals surface area contributed by atoms with Gasteiger partial charge in [0, 0.05) is 30.3 Å². The zero-order valence-electron chi connectivity index (χ0n) is 15.5. The highest BCUT2D eigenvalue weighted by molar-refractivity contribution is 6.02. The Hall–Kier alpha value is -3.15. The van der Waals surface area contributed by atoms with E-state index in [1.807, 2.05) is 48.5 Å². The summed E-state index contributed by atoms with van der Waals surface area (Å²) < 4.78 is 0. The van der Waals surface area contributed by atoms with Crippen molar-refractivity contribution in [3.8, 4) is 0 Å². The van der Waals surface area contributed by atoms with Gasteiger partial charge >= 0.3 is 0 Å². The maximum absolute atomic E-state index is 12.2. The van der Waals surface area contributed by atoms with Gasteiger partial charge in [0.05, 0.1) is 5.92 Å². The second-order valence-corrected chi connectivity index (χ2v) is 7.35. The number of carbonyl (C=O) groups excluding carboxylic acids is 3. The van der Waals surface area contributed by atoms with Crippen molar-refractivity contribution in [2.75, 3.05) is 17.2 Å². The van der Waals surface area contributed by atoms with Crippen LogP contribution < -0.4 is 16.0 Å². The van der Waals surface area contributed by atoms with E-state index in [4.69, 9.17) is 0 Å². The molecule has 3 amide bonds.